The van der Waals surface area contributed by atoms with Crippen LogP contribution in [-0.2, 0) is 11.3 Å². The number of hydrogen-bond acceptors (Lipinski definition) is 4. The van der Waals surface area contributed by atoms with Crippen LogP contribution < -0.4 is 14.8 Å². The first-order valence-corrected chi connectivity index (χ1v) is 7.55. The van der Waals surface area contributed by atoms with E-state index < -0.39 is 0 Å². The quantitative estimate of drug-likeness (QED) is 0.795. The van der Waals surface area contributed by atoms with Crippen molar-refractivity contribution in [3.8, 4) is 11.8 Å². The van der Waals surface area contributed by atoms with E-state index in [0.29, 0.717) is 36.5 Å². The lowest BCUT2D eigenvalue weighted by Gasteiger charge is -2.10. The number of rotatable bonds is 7. The van der Waals surface area contributed by atoms with E-state index in [2.05, 4.69) is 10.3 Å². The van der Waals surface area contributed by atoms with Crippen LogP contribution in [-0.4, -0.2) is 35.7 Å². The lowest BCUT2D eigenvalue weighted by molar-refractivity contribution is -0.118. The summed E-state index contributed by atoms with van der Waals surface area (Å²) in [4.78, 5) is 15.4. The standard InChI is InChI=1S/C15H20ClN3O3/c1-4-22-15-18-12-8-11(16)14(21-3)9-13(12)19(15)7-5-6-17-10(2)20/h8-9H,4-7H2,1-3H3,(H,17,20). The number of benzene rings is 1. The molecule has 1 aromatic carbocycles. The third kappa shape index (κ3) is 3.62. The van der Waals surface area contributed by atoms with Crippen molar-refractivity contribution in [1.29, 1.82) is 0 Å². The Bertz CT molecular complexity index is 670. The number of fused-ring (bicyclic) bond motifs is 1. The average Bonchev–Trinajstić information content (AvgIpc) is 2.79. The van der Waals surface area contributed by atoms with Crippen LogP contribution in [0, 0.1) is 0 Å². The number of aryl methyl sites for hydroxylation is 1. The minimum atomic E-state index is -0.0334. The summed E-state index contributed by atoms with van der Waals surface area (Å²) in [6.07, 6.45) is 0.774. The molecule has 0 atom stereocenters. The monoisotopic (exact) mass is 325 g/mol. The molecular weight excluding hydrogens is 306 g/mol. The molecule has 1 N–H and O–H groups in total. The second-order valence-corrected chi connectivity index (χ2v) is 5.20. The Morgan fingerprint density at radius 2 is 2.23 bits per heavy atom. The van der Waals surface area contributed by atoms with Crippen molar-refractivity contribution in [3.05, 3.63) is 17.2 Å². The highest BCUT2D eigenvalue weighted by atomic mass is 35.5. The van der Waals surface area contributed by atoms with E-state index in [-0.39, 0.29) is 5.91 Å². The van der Waals surface area contributed by atoms with Crippen LogP contribution in [0.25, 0.3) is 11.0 Å². The summed E-state index contributed by atoms with van der Waals surface area (Å²) in [5.74, 6) is 0.564. The van der Waals surface area contributed by atoms with Crippen molar-refractivity contribution < 1.29 is 14.3 Å². The fourth-order valence-corrected chi connectivity index (χ4v) is 2.45. The molecule has 0 aliphatic heterocycles. The number of nitrogens with one attached hydrogen (secondary N) is 1. The highest BCUT2D eigenvalue weighted by Gasteiger charge is 2.14. The summed E-state index contributed by atoms with van der Waals surface area (Å²) in [7, 11) is 1.58. The van der Waals surface area contributed by atoms with E-state index in [4.69, 9.17) is 21.1 Å². The second-order valence-electron chi connectivity index (χ2n) is 4.79. The molecule has 22 heavy (non-hydrogen) atoms. The Hall–Kier alpha value is -1.95. The zero-order valence-corrected chi connectivity index (χ0v) is 13.7. The van der Waals surface area contributed by atoms with Gasteiger partial charge >= 0.3 is 0 Å². The third-order valence-electron chi connectivity index (χ3n) is 3.19. The number of nitrogens with zero attached hydrogens (tertiary/aromatic N) is 2. The van der Waals surface area contributed by atoms with E-state index >= 15 is 0 Å². The molecule has 0 unspecified atom stereocenters. The van der Waals surface area contributed by atoms with Crippen LogP contribution in [0.5, 0.6) is 11.8 Å². The largest absolute Gasteiger partial charge is 0.495 e. The number of amides is 1. The fraction of sp³-hybridized carbons (Fsp3) is 0.467. The summed E-state index contributed by atoms with van der Waals surface area (Å²) in [5.41, 5.74) is 1.65. The molecule has 2 aromatic rings. The minimum absolute atomic E-state index is 0.0334. The lowest BCUT2D eigenvalue weighted by Crippen LogP contribution is -2.22. The molecule has 1 aromatic heterocycles. The maximum absolute atomic E-state index is 10.9. The first kappa shape index (κ1) is 16.4. The minimum Gasteiger partial charge on any atom is -0.495 e. The highest BCUT2D eigenvalue weighted by molar-refractivity contribution is 6.32. The number of aromatic nitrogens is 2. The smallest absolute Gasteiger partial charge is 0.297 e. The molecule has 0 spiro atoms. The molecule has 6 nitrogen and oxygen atoms in total. The summed E-state index contributed by atoms with van der Waals surface area (Å²) >= 11 is 6.14. The Morgan fingerprint density at radius 1 is 1.45 bits per heavy atom. The number of hydrogen-bond donors (Lipinski definition) is 1. The Kier molecular flexibility index (Phi) is 5.49. The molecule has 1 amide bonds. The van der Waals surface area contributed by atoms with Gasteiger partial charge < -0.3 is 14.8 Å². The molecule has 2 rings (SSSR count). The number of methoxy groups -OCH3 is 1. The van der Waals surface area contributed by atoms with E-state index in [1.54, 1.807) is 13.2 Å². The van der Waals surface area contributed by atoms with Crippen LogP contribution in [0.2, 0.25) is 5.02 Å². The van der Waals surface area contributed by atoms with Gasteiger partial charge in [0.2, 0.25) is 5.91 Å². The number of ether oxygens (including phenoxy) is 2. The van der Waals surface area contributed by atoms with Crippen LogP contribution in [0.1, 0.15) is 20.3 Å². The van der Waals surface area contributed by atoms with E-state index in [9.17, 15) is 4.79 Å². The van der Waals surface area contributed by atoms with Gasteiger partial charge in [0.05, 0.1) is 29.8 Å². The first-order chi connectivity index (χ1) is 10.6. The number of carbonyl (C=O) groups excluding carboxylic acids is 1. The van der Waals surface area contributed by atoms with Gasteiger partial charge in [0.1, 0.15) is 5.75 Å². The number of halogens is 1. The van der Waals surface area contributed by atoms with Crippen molar-refractivity contribution in [1.82, 2.24) is 14.9 Å². The maximum atomic E-state index is 10.9. The van der Waals surface area contributed by atoms with Gasteiger partial charge in [-0.15, -0.1) is 0 Å². The topological polar surface area (TPSA) is 65.4 Å². The third-order valence-corrected chi connectivity index (χ3v) is 3.49. The normalized spacial score (nSPS) is 10.7. The van der Waals surface area contributed by atoms with Crippen molar-refractivity contribution in [3.63, 3.8) is 0 Å². The zero-order valence-electron chi connectivity index (χ0n) is 13.0. The molecule has 7 heteroatoms. The van der Waals surface area contributed by atoms with Crippen molar-refractivity contribution in [2.45, 2.75) is 26.8 Å². The molecule has 120 valence electrons. The van der Waals surface area contributed by atoms with E-state index in [1.807, 2.05) is 17.6 Å². The molecule has 1 heterocycles. The van der Waals surface area contributed by atoms with Crippen molar-refractivity contribution in [2.75, 3.05) is 20.3 Å². The molecule has 0 fully saturated rings. The van der Waals surface area contributed by atoms with Gasteiger partial charge in [0.25, 0.3) is 6.01 Å². The Balaban J connectivity index is 2.31. The molecule has 0 aliphatic rings. The van der Waals surface area contributed by atoms with Gasteiger partial charge in [-0.05, 0) is 19.4 Å². The number of carbonyl (C=O) groups is 1. The molecule has 0 radical (unpaired) electrons. The van der Waals surface area contributed by atoms with Crippen molar-refractivity contribution in [2.24, 2.45) is 0 Å². The van der Waals surface area contributed by atoms with Crippen LogP contribution in [0.3, 0.4) is 0 Å². The summed E-state index contributed by atoms with van der Waals surface area (Å²) in [6.45, 7) is 5.22. The fourth-order valence-electron chi connectivity index (χ4n) is 2.22. The molecule has 0 aliphatic carbocycles. The number of imidazole rings is 1. The summed E-state index contributed by atoms with van der Waals surface area (Å²) in [6, 6.07) is 4.17. The van der Waals surface area contributed by atoms with Gasteiger partial charge in [0.15, 0.2) is 0 Å². The second kappa shape index (κ2) is 7.35. The highest BCUT2D eigenvalue weighted by Crippen LogP contribution is 2.32. The summed E-state index contributed by atoms with van der Waals surface area (Å²) in [5, 5.41) is 3.29. The average molecular weight is 326 g/mol. The molecular formula is C15H20ClN3O3. The molecule has 0 saturated heterocycles. The summed E-state index contributed by atoms with van der Waals surface area (Å²) < 4.78 is 12.8. The van der Waals surface area contributed by atoms with Gasteiger partial charge in [-0.3, -0.25) is 9.36 Å². The first-order valence-electron chi connectivity index (χ1n) is 7.17. The van der Waals surface area contributed by atoms with Gasteiger partial charge in [0, 0.05) is 26.1 Å². The molecule has 0 saturated carbocycles. The van der Waals surface area contributed by atoms with Crippen LogP contribution >= 0.6 is 11.6 Å². The predicted octanol–water partition coefficient (Wildman–Crippen LogP) is 2.62. The van der Waals surface area contributed by atoms with E-state index in [1.165, 1.54) is 6.92 Å². The maximum Gasteiger partial charge on any atom is 0.297 e. The van der Waals surface area contributed by atoms with Gasteiger partial charge in [-0.2, -0.15) is 4.98 Å². The SMILES string of the molecule is CCOc1nc2cc(Cl)c(OC)cc2n1CCCNC(C)=O. The Morgan fingerprint density at radius 3 is 2.86 bits per heavy atom. The zero-order chi connectivity index (χ0) is 16.1. The van der Waals surface area contributed by atoms with Crippen LogP contribution in [0.15, 0.2) is 12.1 Å². The molecule has 0 bridgehead atoms. The van der Waals surface area contributed by atoms with Crippen molar-refractivity contribution >= 4 is 28.5 Å². The van der Waals surface area contributed by atoms with Gasteiger partial charge in [-0.25, -0.2) is 0 Å². The Labute approximate surface area is 134 Å². The predicted molar refractivity (Wildman–Crippen MR) is 85.8 cm³/mol. The van der Waals surface area contributed by atoms with Crippen LogP contribution in [0.4, 0.5) is 0 Å². The van der Waals surface area contributed by atoms with E-state index in [0.717, 1.165) is 17.5 Å². The lowest BCUT2D eigenvalue weighted by atomic mass is 10.3. The van der Waals surface area contributed by atoms with Gasteiger partial charge in [-0.1, -0.05) is 11.6 Å².